The van der Waals surface area contributed by atoms with Crippen molar-refractivity contribution in [1.29, 1.82) is 0 Å². The van der Waals surface area contributed by atoms with Crippen LogP contribution in [0.1, 0.15) is 120 Å². The van der Waals surface area contributed by atoms with Gasteiger partial charge in [-0.05, 0) is 122 Å². The van der Waals surface area contributed by atoms with E-state index >= 15 is 0 Å². The Labute approximate surface area is 198 Å². The Morgan fingerprint density at radius 2 is 1.59 bits per heavy atom. The molecule has 0 bridgehead atoms. The lowest BCUT2D eigenvalue weighted by atomic mass is 9.34. The van der Waals surface area contributed by atoms with E-state index in [2.05, 4.69) is 54.5 Å². The normalized spacial score (nSPS) is 54.4. The van der Waals surface area contributed by atoms with Gasteiger partial charge in [0.1, 0.15) is 5.78 Å². The molecule has 0 aliphatic heterocycles. The summed E-state index contributed by atoms with van der Waals surface area (Å²) >= 11 is 0. The molecular formula is C31H50O. The molecule has 0 spiro atoms. The van der Waals surface area contributed by atoms with E-state index in [1.807, 2.05) is 6.92 Å². The summed E-state index contributed by atoms with van der Waals surface area (Å²) in [5.74, 6) is 4.43. The molecule has 1 heteroatoms. The van der Waals surface area contributed by atoms with Crippen molar-refractivity contribution in [3.63, 3.8) is 0 Å². The third-order valence-corrected chi connectivity index (χ3v) is 13.3. The van der Waals surface area contributed by atoms with Gasteiger partial charge in [0, 0.05) is 5.41 Å². The second-order valence-electron chi connectivity index (χ2n) is 14.9. The van der Waals surface area contributed by atoms with Gasteiger partial charge < -0.3 is 0 Å². The fourth-order valence-corrected chi connectivity index (χ4v) is 10.7. The van der Waals surface area contributed by atoms with E-state index < -0.39 is 0 Å². The topological polar surface area (TPSA) is 17.1 Å². The minimum Gasteiger partial charge on any atom is -0.299 e. The van der Waals surface area contributed by atoms with Crippen LogP contribution in [-0.2, 0) is 4.79 Å². The van der Waals surface area contributed by atoms with E-state index in [0.717, 1.165) is 36.5 Å². The van der Waals surface area contributed by atoms with Gasteiger partial charge in [0.05, 0.1) is 0 Å². The lowest BCUT2D eigenvalue weighted by Crippen LogP contribution is -2.63. The molecule has 180 valence electrons. The predicted octanol–water partition coefficient (Wildman–Crippen LogP) is 8.62. The number of rotatable bonds is 1. The van der Waals surface area contributed by atoms with Crippen molar-refractivity contribution < 1.29 is 4.79 Å². The smallest absolute Gasteiger partial charge is 0.136 e. The van der Waals surface area contributed by atoms with Gasteiger partial charge in [0.15, 0.2) is 0 Å². The molecular weight excluding hydrogens is 388 g/mol. The first kappa shape index (κ1) is 23.2. The Kier molecular flexibility index (Phi) is 5.05. The van der Waals surface area contributed by atoms with Crippen LogP contribution in [0.2, 0.25) is 0 Å². The molecule has 4 unspecified atom stereocenters. The van der Waals surface area contributed by atoms with E-state index in [9.17, 15) is 4.79 Å². The third kappa shape index (κ3) is 2.78. The largest absolute Gasteiger partial charge is 0.299 e. The van der Waals surface area contributed by atoms with Crippen LogP contribution in [0.5, 0.6) is 0 Å². The van der Waals surface area contributed by atoms with Gasteiger partial charge in [-0.1, -0.05) is 60.1 Å². The maximum Gasteiger partial charge on any atom is 0.136 e. The van der Waals surface area contributed by atoms with Gasteiger partial charge in [-0.25, -0.2) is 0 Å². The van der Waals surface area contributed by atoms with Crippen LogP contribution in [0.3, 0.4) is 0 Å². The maximum absolute atomic E-state index is 13.2. The number of Topliss-reactive ketones (excluding diaryl/α,β-unsaturated/α-hetero) is 1. The molecule has 5 rings (SSSR count). The zero-order chi connectivity index (χ0) is 23.3. The fourth-order valence-electron chi connectivity index (χ4n) is 10.7. The fraction of sp³-hybridized carbons (Fsp3) is 0.903. The number of carbonyl (C=O) groups is 1. The summed E-state index contributed by atoms with van der Waals surface area (Å²) in [6.45, 7) is 19.9. The summed E-state index contributed by atoms with van der Waals surface area (Å²) in [6.07, 6.45) is 15.6. The molecule has 4 saturated carbocycles. The van der Waals surface area contributed by atoms with Crippen molar-refractivity contribution in [3.05, 3.63) is 11.6 Å². The number of fused-ring (bicyclic) bond motifs is 7. The number of carbonyl (C=O) groups excluding carboxylic acids is 1. The lowest BCUT2D eigenvalue weighted by Gasteiger charge is -2.70. The first-order valence-corrected chi connectivity index (χ1v) is 14.0. The van der Waals surface area contributed by atoms with Crippen LogP contribution >= 0.6 is 0 Å². The SMILES string of the molecule is CC(=O)[C@]12CCC(C)(C)CC1C1=CCC3C4(C)CC[C@H](C)C(C)[C@@H]4CC[C@]3(C)[C@]1(C)CC2. The first-order valence-electron chi connectivity index (χ1n) is 14.0. The van der Waals surface area contributed by atoms with Gasteiger partial charge >= 0.3 is 0 Å². The van der Waals surface area contributed by atoms with Crippen molar-refractivity contribution >= 4 is 5.78 Å². The minimum absolute atomic E-state index is 0.0695. The molecule has 0 radical (unpaired) electrons. The lowest BCUT2D eigenvalue weighted by molar-refractivity contribution is -0.174. The van der Waals surface area contributed by atoms with Gasteiger partial charge in [-0.3, -0.25) is 4.79 Å². The van der Waals surface area contributed by atoms with E-state index in [1.54, 1.807) is 5.57 Å². The predicted molar refractivity (Wildman–Crippen MR) is 134 cm³/mol. The number of hydrogen-bond donors (Lipinski definition) is 0. The van der Waals surface area contributed by atoms with E-state index in [4.69, 9.17) is 0 Å². The highest BCUT2D eigenvalue weighted by Crippen LogP contribution is 2.75. The highest BCUT2D eigenvalue weighted by Gasteiger charge is 2.67. The molecule has 0 aromatic rings. The van der Waals surface area contributed by atoms with Crippen molar-refractivity contribution in [2.24, 2.45) is 56.7 Å². The number of allylic oxidation sites excluding steroid dienone is 2. The molecule has 0 saturated heterocycles. The monoisotopic (exact) mass is 438 g/mol. The summed E-state index contributed by atoms with van der Waals surface area (Å²) in [4.78, 5) is 13.2. The zero-order valence-electron chi connectivity index (χ0n) is 22.4. The summed E-state index contributed by atoms with van der Waals surface area (Å²) in [5.41, 5.74) is 3.16. The molecule has 5 aliphatic rings. The van der Waals surface area contributed by atoms with Crippen molar-refractivity contribution in [3.8, 4) is 0 Å². The molecule has 5 aliphatic carbocycles. The molecule has 4 fully saturated rings. The molecule has 0 heterocycles. The van der Waals surface area contributed by atoms with E-state index in [1.165, 1.54) is 51.4 Å². The van der Waals surface area contributed by atoms with Crippen LogP contribution in [-0.4, -0.2) is 5.78 Å². The Balaban J connectivity index is 1.59. The zero-order valence-corrected chi connectivity index (χ0v) is 22.4. The van der Waals surface area contributed by atoms with Gasteiger partial charge in [0.25, 0.3) is 0 Å². The molecule has 9 atom stereocenters. The van der Waals surface area contributed by atoms with Crippen molar-refractivity contribution in [1.82, 2.24) is 0 Å². The Bertz CT molecular complexity index is 835. The molecule has 32 heavy (non-hydrogen) atoms. The van der Waals surface area contributed by atoms with Crippen LogP contribution in [0.15, 0.2) is 11.6 Å². The second-order valence-corrected chi connectivity index (χ2v) is 14.9. The number of ketones is 1. The first-order chi connectivity index (χ1) is 14.8. The highest BCUT2D eigenvalue weighted by molar-refractivity contribution is 5.83. The summed E-state index contributed by atoms with van der Waals surface area (Å²) < 4.78 is 0. The van der Waals surface area contributed by atoms with E-state index in [0.29, 0.717) is 27.9 Å². The van der Waals surface area contributed by atoms with Crippen LogP contribution < -0.4 is 0 Å². The third-order valence-electron chi connectivity index (χ3n) is 13.3. The second kappa shape index (κ2) is 6.97. The molecule has 0 aromatic heterocycles. The average Bonchev–Trinajstić information content (AvgIpc) is 2.71. The molecule has 0 amide bonds. The highest BCUT2D eigenvalue weighted by atomic mass is 16.1. The van der Waals surface area contributed by atoms with Crippen LogP contribution in [0.4, 0.5) is 0 Å². The molecule has 1 nitrogen and oxygen atoms in total. The number of hydrogen-bond acceptors (Lipinski definition) is 1. The Morgan fingerprint density at radius 3 is 2.28 bits per heavy atom. The Hall–Kier alpha value is -0.590. The van der Waals surface area contributed by atoms with Crippen molar-refractivity contribution in [2.75, 3.05) is 0 Å². The summed E-state index contributed by atoms with van der Waals surface area (Å²) in [6, 6.07) is 0. The van der Waals surface area contributed by atoms with E-state index in [-0.39, 0.29) is 10.8 Å². The van der Waals surface area contributed by atoms with Gasteiger partial charge in [-0.2, -0.15) is 0 Å². The van der Waals surface area contributed by atoms with Crippen LogP contribution in [0, 0.1) is 56.7 Å². The quantitative estimate of drug-likeness (QED) is 0.374. The van der Waals surface area contributed by atoms with Gasteiger partial charge in [-0.15, -0.1) is 0 Å². The minimum atomic E-state index is -0.0695. The van der Waals surface area contributed by atoms with Crippen molar-refractivity contribution in [2.45, 2.75) is 120 Å². The summed E-state index contributed by atoms with van der Waals surface area (Å²) in [7, 11) is 0. The molecule has 0 N–H and O–H groups in total. The standard InChI is InChI=1S/C31H50O/c1-20-11-13-28(6)23(21(20)2)12-14-30(8)26(28)10-9-24-25-19-27(4,5)15-17-31(25,22(3)32)18-16-29(24,30)7/h9,20-21,23,25-26H,10-19H2,1-8H3/t20-,21?,23-,25?,26?,28?,29+,30-,31+/m0/s1. The van der Waals surface area contributed by atoms with Crippen LogP contribution in [0.25, 0.3) is 0 Å². The average molecular weight is 439 g/mol. The van der Waals surface area contributed by atoms with Gasteiger partial charge in [0.2, 0.25) is 0 Å². The Morgan fingerprint density at radius 1 is 0.906 bits per heavy atom. The molecule has 0 aromatic carbocycles. The maximum atomic E-state index is 13.2. The summed E-state index contributed by atoms with van der Waals surface area (Å²) in [5, 5.41) is 0.